The lowest BCUT2D eigenvalue weighted by Crippen LogP contribution is -2.49. The van der Waals surface area contributed by atoms with Crippen LogP contribution in [0.3, 0.4) is 0 Å². The molecule has 1 aliphatic carbocycles. The van der Waals surface area contributed by atoms with Crippen molar-refractivity contribution in [1.29, 1.82) is 0 Å². The van der Waals surface area contributed by atoms with E-state index in [1.54, 1.807) is 11.3 Å². The third-order valence-corrected chi connectivity index (χ3v) is 6.85. The van der Waals surface area contributed by atoms with Crippen molar-refractivity contribution in [1.82, 2.24) is 15.2 Å². The number of likely N-dealkylation sites (tertiary alicyclic amines) is 1. The quantitative estimate of drug-likeness (QED) is 0.876. The molecule has 6 heteroatoms. The Morgan fingerprint density at radius 2 is 1.96 bits per heavy atom. The molecule has 1 N–H and O–H groups in total. The molecule has 1 aromatic heterocycles. The second kappa shape index (κ2) is 7.67. The normalized spacial score (nSPS) is 29.0. The SMILES string of the molecule is Cc1nc(CC(=O)NC2(C)CCN(C(=O)C3CCC(C)CC3)C2)c(C)s1. The number of aryl methyl sites for hydroxylation is 2. The van der Waals surface area contributed by atoms with Crippen LogP contribution in [0.2, 0.25) is 0 Å². The minimum absolute atomic E-state index is 0.00156. The number of amides is 2. The van der Waals surface area contributed by atoms with Crippen LogP contribution in [0.5, 0.6) is 0 Å². The van der Waals surface area contributed by atoms with Gasteiger partial charge in [-0.1, -0.05) is 6.92 Å². The monoisotopic (exact) mass is 377 g/mol. The Kier molecular flexibility index (Phi) is 5.70. The lowest BCUT2D eigenvalue weighted by atomic mass is 9.82. The van der Waals surface area contributed by atoms with Crippen LogP contribution >= 0.6 is 11.3 Å². The second-order valence-corrected chi connectivity index (χ2v) is 9.90. The van der Waals surface area contributed by atoms with Gasteiger partial charge in [-0.05, 0) is 58.8 Å². The molecule has 2 heterocycles. The van der Waals surface area contributed by atoms with Gasteiger partial charge in [0.25, 0.3) is 0 Å². The predicted molar refractivity (Wildman–Crippen MR) is 104 cm³/mol. The van der Waals surface area contributed by atoms with E-state index < -0.39 is 0 Å². The molecular weight excluding hydrogens is 346 g/mol. The number of nitrogens with zero attached hydrogens (tertiary/aromatic N) is 2. The number of hydrogen-bond acceptors (Lipinski definition) is 4. The average molecular weight is 378 g/mol. The van der Waals surface area contributed by atoms with E-state index in [0.717, 1.165) is 60.1 Å². The van der Waals surface area contributed by atoms with Gasteiger partial charge in [0.05, 0.1) is 22.7 Å². The van der Waals surface area contributed by atoms with Crippen LogP contribution in [0.25, 0.3) is 0 Å². The van der Waals surface area contributed by atoms with Gasteiger partial charge in [0.15, 0.2) is 0 Å². The Balaban J connectivity index is 1.53. The van der Waals surface area contributed by atoms with Crippen molar-refractivity contribution in [3.05, 3.63) is 15.6 Å². The van der Waals surface area contributed by atoms with Gasteiger partial charge in [-0.25, -0.2) is 4.98 Å². The van der Waals surface area contributed by atoms with Crippen LogP contribution in [0.15, 0.2) is 0 Å². The molecule has 0 spiro atoms. The fourth-order valence-electron chi connectivity index (χ4n) is 4.29. The molecule has 26 heavy (non-hydrogen) atoms. The third-order valence-electron chi connectivity index (χ3n) is 5.92. The van der Waals surface area contributed by atoms with Crippen LogP contribution in [-0.4, -0.2) is 40.3 Å². The van der Waals surface area contributed by atoms with Crippen molar-refractivity contribution >= 4 is 23.2 Å². The molecule has 1 saturated heterocycles. The van der Waals surface area contributed by atoms with Gasteiger partial charge < -0.3 is 10.2 Å². The van der Waals surface area contributed by atoms with Crippen molar-refractivity contribution in [3.8, 4) is 0 Å². The number of carbonyl (C=O) groups is 2. The zero-order chi connectivity index (χ0) is 18.9. The Hall–Kier alpha value is -1.43. The van der Waals surface area contributed by atoms with Crippen LogP contribution in [0, 0.1) is 25.7 Å². The highest BCUT2D eigenvalue weighted by molar-refractivity contribution is 7.11. The summed E-state index contributed by atoms with van der Waals surface area (Å²) in [5.74, 6) is 1.23. The third kappa shape index (κ3) is 4.45. The van der Waals surface area contributed by atoms with Gasteiger partial charge in [0, 0.05) is 23.9 Å². The van der Waals surface area contributed by atoms with E-state index in [-0.39, 0.29) is 17.4 Å². The summed E-state index contributed by atoms with van der Waals surface area (Å²) in [4.78, 5) is 32.9. The molecule has 0 radical (unpaired) electrons. The lowest BCUT2D eigenvalue weighted by Gasteiger charge is -2.30. The second-order valence-electron chi connectivity index (χ2n) is 8.49. The molecule has 2 amide bonds. The summed E-state index contributed by atoms with van der Waals surface area (Å²) >= 11 is 1.63. The summed E-state index contributed by atoms with van der Waals surface area (Å²) in [7, 11) is 0. The number of aromatic nitrogens is 1. The van der Waals surface area contributed by atoms with E-state index >= 15 is 0 Å². The Morgan fingerprint density at radius 3 is 2.58 bits per heavy atom. The Morgan fingerprint density at radius 1 is 1.27 bits per heavy atom. The van der Waals surface area contributed by atoms with Crippen molar-refractivity contribution in [2.24, 2.45) is 11.8 Å². The summed E-state index contributed by atoms with van der Waals surface area (Å²) < 4.78 is 0. The van der Waals surface area contributed by atoms with E-state index in [1.165, 1.54) is 0 Å². The van der Waals surface area contributed by atoms with Crippen molar-refractivity contribution < 1.29 is 9.59 Å². The first-order valence-corrected chi connectivity index (χ1v) is 10.6. The molecule has 1 saturated carbocycles. The molecule has 144 valence electrons. The fraction of sp³-hybridized carbons (Fsp3) is 0.750. The molecule has 2 aliphatic rings. The molecule has 2 fully saturated rings. The predicted octanol–water partition coefficient (Wildman–Crippen LogP) is 3.24. The van der Waals surface area contributed by atoms with Crippen molar-refractivity contribution in [2.45, 2.75) is 71.8 Å². The van der Waals surface area contributed by atoms with Gasteiger partial charge in [-0.3, -0.25) is 9.59 Å². The molecular formula is C20H31N3O2S. The lowest BCUT2D eigenvalue weighted by molar-refractivity contribution is -0.136. The highest BCUT2D eigenvalue weighted by Gasteiger charge is 2.39. The molecule has 1 unspecified atom stereocenters. The average Bonchev–Trinajstić information content (AvgIpc) is 3.10. The molecule has 1 aromatic rings. The maximum Gasteiger partial charge on any atom is 0.226 e. The first-order valence-electron chi connectivity index (χ1n) is 9.78. The highest BCUT2D eigenvalue weighted by Crippen LogP contribution is 2.31. The molecule has 0 aromatic carbocycles. The van der Waals surface area contributed by atoms with Crippen LogP contribution in [0.4, 0.5) is 0 Å². The maximum absolute atomic E-state index is 12.8. The van der Waals surface area contributed by atoms with Crippen molar-refractivity contribution in [3.63, 3.8) is 0 Å². The van der Waals surface area contributed by atoms with E-state index in [4.69, 9.17) is 0 Å². The summed E-state index contributed by atoms with van der Waals surface area (Å²) in [6, 6.07) is 0. The number of carbonyl (C=O) groups excluding carboxylic acids is 2. The molecule has 0 bridgehead atoms. The summed E-state index contributed by atoms with van der Waals surface area (Å²) in [6.45, 7) is 9.67. The van der Waals surface area contributed by atoms with Gasteiger partial charge in [-0.2, -0.15) is 0 Å². The van der Waals surface area contributed by atoms with Gasteiger partial charge in [-0.15, -0.1) is 11.3 Å². The topological polar surface area (TPSA) is 62.3 Å². The van der Waals surface area contributed by atoms with Crippen LogP contribution in [0.1, 0.15) is 61.5 Å². The van der Waals surface area contributed by atoms with E-state index in [2.05, 4.69) is 24.1 Å². The van der Waals surface area contributed by atoms with E-state index in [0.29, 0.717) is 18.9 Å². The zero-order valence-electron chi connectivity index (χ0n) is 16.4. The van der Waals surface area contributed by atoms with Crippen LogP contribution < -0.4 is 5.32 Å². The van der Waals surface area contributed by atoms with Crippen molar-refractivity contribution in [2.75, 3.05) is 13.1 Å². The summed E-state index contributed by atoms with van der Waals surface area (Å²) in [5, 5.41) is 4.16. The number of thiazole rings is 1. The number of nitrogens with one attached hydrogen (secondary N) is 1. The summed E-state index contributed by atoms with van der Waals surface area (Å²) in [6.07, 6.45) is 5.49. The first-order chi connectivity index (χ1) is 12.3. The fourth-order valence-corrected chi connectivity index (χ4v) is 5.12. The minimum atomic E-state index is -0.326. The molecule has 5 nitrogen and oxygen atoms in total. The number of rotatable bonds is 4. The standard InChI is InChI=1S/C20H31N3O2S/c1-13-5-7-16(8-6-13)19(25)23-10-9-20(4,12-23)22-18(24)11-17-14(2)26-15(3)21-17/h13,16H,5-12H2,1-4H3,(H,22,24). The van der Waals surface area contributed by atoms with Gasteiger partial charge in [0.2, 0.25) is 11.8 Å². The van der Waals surface area contributed by atoms with E-state index in [1.807, 2.05) is 18.7 Å². The maximum atomic E-state index is 12.8. The first kappa shape index (κ1) is 19.3. The van der Waals surface area contributed by atoms with Gasteiger partial charge in [0.1, 0.15) is 0 Å². The highest BCUT2D eigenvalue weighted by atomic mass is 32.1. The largest absolute Gasteiger partial charge is 0.349 e. The smallest absolute Gasteiger partial charge is 0.226 e. The Bertz CT molecular complexity index is 679. The summed E-state index contributed by atoms with van der Waals surface area (Å²) in [5.41, 5.74) is 0.545. The van der Waals surface area contributed by atoms with Gasteiger partial charge >= 0.3 is 0 Å². The van der Waals surface area contributed by atoms with E-state index in [9.17, 15) is 9.59 Å². The molecule has 3 rings (SSSR count). The molecule has 1 aliphatic heterocycles. The molecule has 1 atom stereocenters. The Labute approximate surface area is 160 Å². The minimum Gasteiger partial charge on any atom is -0.349 e. The van der Waals surface area contributed by atoms with Crippen LogP contribution in [-0.2, 0) is 16.0 Å². The zero-order valence-corrected chi connectivity index (χ0v) is 17.2. The number of hydrogen-bond donors (Lipinski definition) is 1.